The van der Waals surface area contributed by atoms with Crippen LogP contribution in [0.25, 0.3) is 10.9 Å². The zero-order chi connectivity index (χ0) is 21.7. The average molecular weight is 429 g/mol. The second-order valence-electron chi connectivity index (χ2n) is 8.73. The van der Waals surface area contributed by atoms with Crippen LogP contribution in [0.5, 0.6) is 11.6 Å². The van der Waals surface area contributed by atoms with Crippen LogP contribution in [0.2, 0.25) is 0 Å². The van der Waals surface area contributed by atoms with Gasteiger partial charge < -0.3 is 10.1 Å². The van der Waals surface area contributed by atoms with Crippen molar-refractivity contribution in [1.29, 1.82) is 0 Å². The first-order chi connectivity index (χ1) is 15.6. The smallest absolute Gasteiger partial charge is 0.331 e. The summed E-state index contributed by atoms with van der Waals surface area (Å²) in [6.07, 6.45) is 6.78. The molecular weight excluding hydrogens is 406 g/mol. The fraction of sp³-hybridized carbons (Fsp3) is 0.304. The summed E-state index contributed by atoms with van der Waals surface area (Å²) in [5.41, 5.74) is 3.95. The second-order valence-corrected chi connectivity index (χ2v) is 8.73. The number of aromatic nitrogens is 5. The SMILES string of the molecule is CC1(c2cc(NC(=O)n3ccc4cc(Oc5ncnc6c5CNC6)ccc43)n[nH]2)CCC1. The number of nitrogens with one attached hydrogen (secondary N) is 3. The molecule has 4 aromatic rings. The topological polar surface area (TPSA) is 110 Å². The third-order valence-electron chi connectivity index (χ3n) is 6.60. The molecule has 1 saturated carbocycles. The molecule has 1 aromatic carbocycles. The molecule has 3 N–H and O–H groups in total. The van der Waals surface area contributed by atoms with Crippen molar-refractivity contribution < 1.29 is 9.53 Å². The van der Waals surface area contributed by atoms with E-state index < -0.39 is 0 Å². The minimum atomic E-state index is -0.259. The molecule has 1 aliphatic heterocycles. The number of nitrogens with zero attached hydrogens (tertiary/aromatic N) is 4. The van der Waals surface area contributed by atoms with Crippen LogP contribution in [0, 0.1) is 0 Å². The van der Waals surface area contributed by atoms with Crippen molar-refractivity contribution >= 4 is 22.8 Å². The predicted molar refractivity (Wildman–Crippen MR) is 119 cm³/mol. The van der Waals surface area contributed by atoms with E-state index in [-0.39, 0.29) is 11.4 Å². The summed E-state index contributed by atoms with van der Waals surface area (Å²) in [6, 6.07) is 9.18. The van der Waals surface area contributed by atoms with E-state index >= 15 is 0 Å². The number of rotatable bonds is 4. The molecule has 1 fully saturated rings. The number of anilines is 1. The first kappa shape index (κ1) is 19.0. The summed E-state index contributed by atoms with van der Waals surface area (Å²) >= 11 is 0. The lowest BCUT2D eigenvalue weighted by molar-refractivity contribution is 0.254. The van der Waals surface area contributed by atoms with Crippen LogP contribution in [-0.2, 0) is 18.5 Å². The standard InChI is InChI=1S/C23H23N7O2/c1-23(6-2-7-23)19-10-20(29-28-19)27-22(31)30-8-5-14-9-15(3-4-18(14)30)32-21-16-11-24-12-17(16)25-13-26-21/h3-5,8-10,13,24H,2,6-7,11-12H2,1H3,(H2,27,28,29,31). The van der Waals surface area contributed by atoms with Crippen LogP contribution in [0.4, 0.5) is 10.6 Å². The van der Waals surface area contributed by atoms with Gasteiger partial charge in [-0.25, -0.2) is 14.8 Å². The fourth-order valence-electron chi connectivity index (χ4n) is 4.47. The molecule has 0 radical (unpaired) electrons. The first-order valence-corrected chi connectivity index (χ1v) is 10.8. The molecular formula is C23H23N7O2. The van der Waals surface area contributed by atoms with Gasteiger partial charge in [0, 0.05) is 41.8 Å². The van der Waals surface area contributed by atoms with E-state index in [9.17, 15) is 4.79 Å². The monoisotopic (exact) mass is 429 g/mol. The highest BCUT2D eigenvalue weighted by Crippen LogP contribution is 2.42. The molecule has 0 bridgehead atoms. The zero-order valence-electron chi connectivity index (χ0n) is 17.7. The molecule has 2 aliphatic rings. The van der Waals surface area contributed by atoms with Crippen LogP contribution >= 0.6 is 0 Å². The molecule has 0 spiro atoms. The minimum absolute atomic E-state index is 0.145. The summed E-state index contributed by atoms with van der Waals surface area (Å²) in [6.45, 7) is 3.64. The Bertz CT molecular complexity index is 1340. The lowest BCUT2D eigenvalue weighted by Gasteiger charge is -2.37. The summed E-state index contributed by atoms with van der Waals surface area (Å²) in [5, 5.41) is 14.4. The van der Waals surface area contributed by atoms with E-state index in [1.807, 2.05) is 30.3 Å². The van der Waals surface area contributed by atoms with Crippen LogP contribution in [0.15, 0.2) is 42.9 Å². The molecule has 6 rings (SSSR count). The Morgan fingerprint density at radius 1 is 1.19 bits per heavy atom. The second kappa shape index (κ2) is 7.16. The van der Waals surface area contributed by atoms with Crippen molar-refractivity contribution in [3.05, 3.63) is 59.8 Å². The summed E-state index contributed by atoms with van der Waals surface area (Å²) in [4.78, 5) is 21.4. The maximum Gasteiger partial charge on any atom is 0.331 e. The van der Waals surface area contributed by atoms with Crippen molar-refractivity contribution in [2.45, 2.75) is 44.7 Å². The predicted octanol–water partition coefficient (Wildman–Crippen LogP) is 4.07. The van der Waals surface area contributed by atoms with Gasteiger partial charge in [0.25, 0.3) is 0 Å². The van der Waals surface area contributed by atoms with Crippen LogP contribution in [0.1, 0.15) is 43.1 Å². The third-order valence-corrected chi connectivity index (χ3v) is 6.60. The molecule has 9 nitrogen and oxygen atoms in total. The van der Waals surface area contributed by atoms with Gasteiger partial charge in [0.05, 0.1) is 16.8 Å². The summed E-state index contributed by atoms with van der Waals surface area (Å²) < 4.78 is 7.60. The van der Waals surface area contributed by atoms with Crippen molar-refractivity contribution in [3.63, 3.8) is 0 Å². The lowest BCUT2D eigenvalue weighted by atomic mass is 9.68. The Hall–Kier alpha value is -3.72. The van der Waals surface area contributed by atoms with Crippen molar-refractivity contribution in [3.8, 4) is 11.6 Å². The number of H-pyrrole nitrogens is 1. The van der Waals surface area contributed by atoms with E-state index in [2.05, 4.69) is 37.7 Å². The Morgan fingerprint density at radius 2 is 2.09 bits per heavy atom. The molecule has 9 heteroatoms. The quantitative estimate of drug-likeness (QED) is 0.451. The van der Waals surface area contributed by atoms with Gasteiger partial charge in [0.15, 0.2) is 5.82 Å². The molecule has 4 heterocycles. The van der Waals surface area contributed by atoms with E-state index in [0.29, 0.717) is 24.0 Å². The van der Waals surface area contributed by atoms with Gasteiger partial charge >= 0.3 is 6.03 Å². The van der Waals surface area contributed by atoms with Gasteiger partial charge in [-0.3, -0.25) is 15.0 Å². The van der Waals surface area contributed by atoms with Gasteiger partial charge in [0.2, 0.25) is 5.88 Å². The highest BCUT2D eigenvalue weighted by Gasteiger charge is 2.35. The Morgan fingerprint density at radius 3 is 2.94 bits per heavy atom. The van der Waals surface area contributed by atoms with Gasteiger partial charge in [-0.05, 0) is 37.1 Å². The van der Waals surface area contributed by atoms with Crippen LogP contribution in [0.3, 0.4) is 0 Å². The van der Waals surface area contributed by atoms with E-state index in [4.69, 9.17) is 4.74 Å². The number of benzene rings is 1. The number of aromatic amines is 1. The zero-order valence-corrected chi connectivity index (χ0v) is 17.7. The first-order valence-electron chi connectivity index (χ1n) is 10.8. The molecule has 0 unspecified atom stereocenters. The van der Waals surface area contributed by atoms with E-state index in [0.717, 1.165) is 47.2 Å². The molecule has 162 valence electrons. The number of ether oxygens (including phenoxy) is 1. The maximum atomic E-state index is 12.9. The van der Waals surface area contributed by atoms with Gasteiger partial charge in [-0.15, -0.1) is 0 Å². The molecule has 1 aliphatic carbocycles. The maximum absolute atomic E-state index is 12.9. The number of hydrogen-bond acceptors (Lipinski definition) is 6. The normalized spacial score (nSPS) is 16.5. The third kappa shape index (κ3) is 3.13. The summed E-state index contributed by atoms with van der Waals surface area (Å²) in [5.74, 6) is 1.76. The highest BCUT2D eigenvalue weighted by atomic mass is 16.5. The van der Waals surface area contributed by atoms with Gasteiger partial charge in [-0.1, -0.05) is 13.3 Å². The Kier molecular flexibility index (Phi) is 4.25. The highest BCUT2D eigenvalue weighted by molar-refractivity contribution is 5.98. The van der Waals surface area contributed by atoms with Crippen molar-refractivity contribution in [2.75, 3.05) is 5.32 Å². The van der Waals surface area contributed by atoms with E-state index in [1.54, 1.807) is 10.8 Å². The lowest BCUT2D eigenvalue weighted by Crippen LogP contribution is -2.30. The Labute approximate surface area is 184 Å². The molecule has 1 amide bonds. The van der Waals surface area contributed by atoms with Crippen LogP contribution < -0.4 is 15.4 Å². The minimum Gasteiger partial charge on any atom is -0.439 e. The number of carbonyl (C=O) groups excluding carboxylic acids is 1. The van der Waals surface area contributed by atoms with Crippen LogP contribution in [-0.4, -0.2) is 30.8 Å². The number of carbonyl (C=O) groups is 1. The molecule has 32 heavy (non-hydrogen) atoms. The molecule has 3 aromatic heterocycles. The van der Waals surface area contributed by atoms with Gasteiger partial charge in [0.1, 0.15) is 12.1 Å². The number of hydrogen-bond donors (Lipinski definition) is 3. The Balaban J connectivity index is 1.21. The number of amides is 1. The number of fused-ring (bicyclic) bond motifs is 2. The van der Waals surface area contributed by atoms with E-state index in [1.165, 1.54) is 12.7 Å². The fourth-order valence-corrected chi connectivity index (χ4v) is 4.47. The van der Waals surface area contributed by atoms with Crippen molar-refractivity contribution in [1.82, 2.24) is 30.0 Å². The summed E-state index contributed by atoms with van der Waals surface area (Å²) in [7, 11) is 0. The van der Waals surface area contributed by atoms with Crippen molar-refractivity contribution in [2.24, 2.45) is 0 Å². The largest absolute Gasteiger partial charge is 0.439 e. The average Bonchev–Trinajstić information content (AvgIpc) is 3.51. The molecule has 0 atom stereocenters. The van der Waals surface area contributed by atoms with Gasteiger partial charge in [-0.2, -0.15) is 5.10 Å². The molecule has 0 saturated heterocycles.